The van der Waals surface area contributed by atoms with Crippen LogP contribution in [-0.4, -0.2) is 28.3 Å². The lowest BCUT2D eigenvalue weighted by Crippen LogP contribution is -2.34. The molecule has 3 rings (SSSR count). The third-order valence-corrected chi connectivity index (χ3v) is 4.46. The lowest BCUT2D eigenvalue weighted by atomic mass is 10.1. The summed E-state index contributed by atoms with van der Waals surface area (Å²) in [6.07, 6.45) is 4.49. The normalized spacial score (nSPS) is 17.9. The summed E-state index contributed by atoms with van der Waals surface area (Å²) in [6.45, 7) is 0.799. The van der Waals surface area contributed by atoms with Crippen molar-refractivity contribution < 1.29 is 9.72 Å². The SMILES string of the molecule is O=C(c1ccc(Br)c([N+](=O)[O-])c1)N(CC1CC1)C1CC1. The second-order valence-electron chi connectivity index (χ2n) is 5.56. The zero-order valence-corrected chi connectivity index (χ0v) is 12.5. The Morgan fingerprint density at radius 1 is 1.35 bits per heavy atom. The van der Waals surface area contributed by atoms with E-state index >= 15 is 0 Å². The first-order valence-corrected chi connectivity index (χ1v) is 7.60. The van der Waals surface area contributed by atoms with Crippen molar-refractivity contribution in [2.75, 3.05) is 6.54 Å². The molecule has 0 radical (unpaired) electrons. The quantitative estimate of drug-likeness (QED) is 0.610. The molecule has 0 heterocycles. The van der Waals surface area contributed by atoms with Gasteiger partial charge in [0.2, 0.25) is 0 Å². The number of halogens is 1. The molecule has 0 unspecified atom stereocenters. The number of carbonyl (C=O) groups is 1. The number of nitro benzene ring substituents is 1. The molecule has 0 bridgehead atoms. The Morgan fingerprint density at radius 3 is 2.60 bits per heavy atom. The first kappa shape index (κ1) is 13.5. The summed E-state index contributed by atoms with van der Waals surface area (Å²) in [6, 6.07) is 4.94. The van der Waals surface area contributed by atoms with Gasteiger partial charge in [0.05, 0.1) is 9.40 Å². The van der Waals surface area contributed by atoms with Crippen molar-refractivity contribution in [3.63, 3.8) is 0 Å². The minimum Gasteiger partial charge on any atom is -0.335 e. The van der Waals surface area contributed by atoms with Crippen LogP contribution in [0.1, 0.15) is 36.0 Å². The molecule has 0 N–H and O–H groups in total. The largest absolute Gasteiger partial charge is 0.335 e. The molecule has 2 aliphatic rings. The summed E-state index contributed by atoms with van der Waals surface area (Å²) < 4.78 is 0.402. The Morgan fingerprint density at radius 2 is 2.05 bits per heavy atom. The Labute approximate surface area is 125 Å². The molecule has 1 aromatic carbocycles. The van der Waals surface area contributed by atoms with Gasteiger partial charge in [0.15, 0.2) is 0 Å². The molecule has 6 heteroatoms. The van der Waals surface area contributed by atoms with E-state index in [4.69, 9.17) is 0 Å². The van der Waals surface area contributed by atoms with Crippen LogP contribution < -0.4 is 0 Å². The van der Waals surface area contributed by atoms with Gasteiger partial charge in [0.1, 0.15) is 0 Å². The number of rotatable bonds is 5. The molecule has 0 aromatic heterocycles. The first-order valence-electron chi connectivity index (χ1n) is 6.81. The predicted molar refractivity (Wildman–Crippen MR) is 77.6 cm³/mol. The van der Waals surface area contributed by atoms with Gasteiger partial charge in [-0.15, -0.1) is 0 Å². The molecule has 0 saturated heterocycles. The van der Waals surface area contributed by atoms with Gasteiger partial charge in [-0.25, -0.2) is 0 Å². The van der Waals surface area contributed by atoms with Gasteiger partial charge in [-0.1, -0.05) is 0 Å². The van der Waals surface area contributed by atoms with Crippen LogP contribution in [0.3, 0.4) is 0 Å². The molecule has 0 atom stereocenters. The van der Waals surface area contributed by atoms with Crippen LogP contribution in [0.4, 0.5) is 5.69 Å². The fourth-order valence-corrected chi connectivity index (χ4v) is 2.71. The summed E-state index contributed by atoms with van der Waals surface area (Å²) in [4.78, 5) is 25.0. The van der Waals surface area contributed by atoms with E-state index in [0.29, 0.717) is 22.0 Å². The van der Waals surface area contributed by atoms with Crippen LogP contribution in [-0.2, 0) is 0 Å². The Kier molecular flexibility index (Phi) is 3.50. The Balaban J connectivity index is 1.84. The zero-order valence-electron chi connectivity index (χ0n) is 10.9. The highest BCUT2D eigenvalue weighted by Crippen LogP contribution is 2.36. The van der Waals surface area contributed by atoms with E-state index in [1.165, 1.54) is 18.9 Å². The fraction of sp³-hybridized carbons (Fsp3) is 0.500. The number of nitro groups is 1. The topological polar surface area (TPSA) is 63.4 Å². The van der Waals surface area contributed by atoms with E-state index in [-0.39, 0.29) is 11.6 Å². The van der Waals surface area contributed by atoms with Crippen LogP contribution in [0.25, 0.3) is 0 Å². The summed E-state index contributed by atoms with van der Waals surface area (Å²) >= 11 is 3.14. The molecule has 1 amide bonds. The van der Waals surface area contributed by atoms with Crippen LogP contribution in [0, 0.1) is 16.0 Å². The predicted octanol–water partition coefficient (Wildman–Crippen LogP) is 3.37. The lowest BCUT2D eigenvalue weighted by Gasteiger charge is -2.22. The second-order valence-corrected chi connectivity index (χ2v) is 6.41. The van der Waals surface area contributed by atoms with Gasteiger partial charge in [-0.05, 0) is 59.7 Å². The molecule has 5 nitrogen and oxygen atoms in total. The first-order chi connectivity index (χ1) is 9.56. The number of nitrogens with zero attached hydrogens (tertiary/aromatic N) is 2. The third-order valence-electron chi connectivity index (χ3n) is 3.79. The highest BCUT2D eigenvalue weighted by molar-refractivity contribution is 9.10. The minimum atomic E-state index is -0.469. The van der Waals surface area contributed by atoms with Crippen molar-refractivity contribution in [2.24, 2.45) is 5.92 Å². The van der Waals surface area contributed by atoms with Crippen LogP contribution in [0.2, 0.25) is 0 Å². The summed E-state index contributed by atoms with van der Waals surface area (Å²) in [5.74, 6) is 0.556. The van der Waals surface area contributed by atoms with Gasteiger partial charge >= 0.3 is 0 Å². The lowest BCUT2D eigenvalue weighted by molar-refractivity contribution is -0.385. The van der Waals surface area contributed by atoms with Crippen molar-refractivity contribution in [2.45, 2.75) is 31.7 Å². The summed E-state index contributed by atoms with van der Waals surface area (Å²) in [7, 11) is 0. The average molecular weight is 339 g/mol. The number of hydrogen-bond donors (Lipinski definition) is 0. The Bertz CT molecular complexity index is 568. The molecule has 2 aliphatic carbocycles. The van der Waals surface area contributed by atoms with Crippen molar-refractivity contribution >= 4 is 27.5 Å². The van der Waals surface area contributed by atoms with Gasteiger partial charge in [0, 0.05) is 24.2 Å². The minimum absolute atomic E-state index is 0.0574. The van der Waals surface area contributed by atoms with Crippen molar-refractivity contribution in [1.82, 2.24) is 4.90 Å². The molecule has 0 aliphatic heterocycles. The molecular weight excluding hydrogens is 324 g/mol. The van der Waals surface area contributed by atoms with Gasteiger partial charge in [-0.2, -0.15) is 0 Å². The maximum Gasteiger partial charge on any atom is 0.284 e. The second kappa shape index (κ2) is 5.16. The molecular formula is C14H15BrN2O3. The highest BCUT2D eigenvalue weighted by atomic mass is 79.9. The number of carbonyl (C=O) groups excluding carboxylic acids is 1. The zero-order chi connectivity index (χ0) is 14.3. The van der Waals surface area contributed by atoms with E-state index < -0.39 is 4.92 Å². The van der Waals surface area contributed by atoms with Crippen LogP contribution in [0.15, 0.2) is 22.7 Å². The summed E-state index contributed by atoms with van der Waals surface area (Å²) in [5.41, 5.74) is 0.352. The molecule has 106 valence electrons. The Hall–Kier alpha value is -1.43. The molecule has 1 aromatic rings. The number of amides is 1. The van der Waals surface area contributed by atoms with E-state index in [1.807, 2.05) is 4.90 Å². The fourth-order valence-electron chi connectivity index (χ4n) is 2.31. The van der Waals surface area contributed by atoms with E-state index in [9.17, 15) is 14.9 Å². The van der Waals surface area contributed by atoms with Crippen LogP contribution in [0.5, 0.6) is 0 Å². The number of benzene rings is 1. The van der Waals surface area contributed by atoms with Gasteiger partial charge in [-0.3, -0.25) is 14.9 Å². The maximum absolute atomic E-state index is 12.6. The number of hydrogen-bond acceptors (Lipinski definition) is 3. The third kappa shape index (κ3) is 2.85. The van der Waals surface area contributed by atoms with E-state index in [0.717, 1.165) is 19.4 Å². The molecule has 2 saturated carbocycles. The average Bonchev–Trinajstić information content (AvgIpc) is 3.27. The standard InChI is InChI=1S/C14H15BrN2O3/c15-12-6-3-10(7-13(12)17(19)20)14(18)16(11-4-5-11)8-9-1-2-9/h3,6-7,9,11H,1-2,4-5,8H2. The van der Waals surface area contributed by atoms with Gasteiger partial charge < -0.3 is 4.90 Å². The van der Waals surface area contributed by atoms with E-state index in [1.54, 1.807) is 12.1 Å². The summed E-state index contributed by atoms with van der Waals surface area (Å²) in [5, 5.41) is 11.0. The van der Waals surface area contributed by atoms with Crippen molar-refractivity contribution in [3.8, 4) is 0 Å². The highest BCUT2D eigenvalue weighted by Gasteiger charge is 2.37. The van der Waals surface area contributed by atoms with Crippen LogP contribution >= 0.6 is 15.9 Å². The monoisotopic (exact) mass is 338 g/mol. The molecule has 0 spiro atoms. The van der Waals surface area contributed by atoms with Crippen molar-refractivity contribution in [1.29, 1.82) is 0 Å². The maximum atomic E-state index is 12.6. The molecule has 2 fully saturated rings. The smallest absolute Gasteiger partial charge is 0.284 e. The van der Waals surface area contributed by atoms with Crippen molar-refractivity contribution in [3.05, 3.63) is 38.3 Å². The molecule has 20 heavy (non-hydrogen) atoms. The van der Waals surface area contributed by atoms with Gasteiger partial charge in [0.25, 0.3) is 11.6 Å². The van der Waals surface area contributed by atoms with E-state index in [2.05, 4.69) is 15.9 Å².